The van der Waals surface area contributed by atoms with Gasteiger partial charge in [0.1, 0.15) is 5.75 Å². The first-order chi connectivity index (χ1) is 12.3. The summed E-state index contributed by atoms with van der Waals surface area (Å²) < 4.78 is 30.2. The Kier molecular flexibility index (Phi) is 7.28. The Bertz CT molecular complexity index is 713. The fraction of sp³-hybridized carbons (Fsp3) is 0.611. The quantitative estimate of drug-likeness (QED) is 0.594. The van der Waals surface area contributed by atoms with Crippen molar-refractivity contribution in [2.45, 2.75) is 19.4 Å². The zero-order valence-electron chi connectivity index (χ0n) is 16.1. The van der Waals surface area contributed by atoms with Crippen LogP contribution in [0.5, 0.6) is 5.75 Å². The molecule has 0 aliphatic carbocycles. The van der Waals surface area contributed by atoms with Gasteiger partial charge in [-0.25, -0.2) is 12.7 Å². The number of ether oxygens (including phenoxy) is 1. The normalized spacial score (nSPS) is 17.2. The van der Waals surface area contributed by atoms with Gasteiger partial charge < -0.3 is 15.0 Å². The van der Waals surface area contributed by atoms with Gasteiger partial charge in [0.15, 0.2) is 5.96 Å². The number of para-hydroxylation sites is 1. The highest BCUT2D eigenvalue weighted by atomic mass is 32.2. The van der Waals surface area contributed by atoms with E-state index in [1.165, 1.54) is 6.26 Å². The van der Waals surface area contributed by atoms with E-state index in [0.717, 1.165) is 36.7 Å². The molecule has 1 aromatic carbocycles. The first-order valence-corrected chi connectivity index (χ1v) is 10.7. The van der Waals surface area contributed by atoms with E-state index in [2.05, 4.69) is 15.2 Å². The predicted octanol–water partition coefficient (Wildman–Crippen LogP) is 1.37. The minimum Gasteiger partial charge on any atom is -0.496 e. The summed E-state index contributed by atoms with van der Waals surface area (Å²) in [5.74, 6) is 2.13. The van der Waals surface area contributed by atoms with Crippen LogP contribution < -0.4 is 10.1 Å². The molecule has 1 fully saturated rings. The van der Waals surface area contributed by atoms with Crippen LogP contribution >= 0.6 is 0 Å². The third-order valence-electron chi connectivity index (χ3n) is 4.76. The van der Waals surface area contributed by atoms with Gasteiger partial charge >= 0.3 is 0 Å². The molecule has 1 aliphatic rings. The van der Waals surface area contributed by atoms with Crippen LogP contribution in [0.1, 0.15) is 18.4 Å². The van der Waals surface area contributed by atoms with Crippen LogP contribution in [-0.2, 0) is 16.6 Å². The van der Waals surface area contributed by atoms with Crippen LogP contribution in [0.25, 0.3) is 0 Å². The highest BCUT2D eigenvalue weighted by molar-refractivity contribution is 7.88. The number of methoxy groups -OCH3 is 1. The number of piperidine rings is 1. The van der Waals surface area contributed by atoms with Crippen molar-refractivity contribution in [2.24, 2.45) is 10.9 Å². The Balaban J connectivity index is 1.86. The molecule has 0 saturated carbocycles. The van der Waals surface area contributed by atoms with Gasteiger partial charge in [-0.2, -0.15) is 0 Å². The zero-order chi connectivity index (χ0) is 19.2. The molecule has 7 nitrogen and oxygen atoms in total. The molecule has 1 aromatic rings. The lowest BCUT2D eigenvalue weighted by atomic mass is 9.98. The number of nitrogens with one attached hydrogen (secondary N) is 1. The van der Waals surface area contributed by atoms with Gasteiger partial charge in [-0.05, 0) is 24.8 Å². The molecule has 2 rings (SSSR count). The van der Waals surface area contributed by atoms with Crippen molar-refractivity contribution in [2.75, 3.05) is 47.1 Å². The Morgan fingerprint density at radius 1 is 1.35 bits per heavy atom. The Morgan fingerprint density at radius 2 is 2.00 bits per heavy atom. The molecule has 0 unspecified atom stereocenters. The Hall–Kier alpha value is -1.80. The maximum Gasteiger partial charge on any atom is 0.211 e. The van der Waals surface area contributed by atoms with E-state index in [4.69, 9.17) is 4.74 Å². The number of rotatable bonds is 6. The molecule has 0 atom stereocenters. The third-order valence-corrected chi connectivity index (χ3v) is 6.07. The summed E-state index contributed by atoms with van der Waals surface area (Å²) in [4.78, 5) is 6.42. The number of hydrogen-bond donors (Lipinski definition) is 1. The molecule has 8 heteroatoms. The van der Waals surface area contributed by atoms with Crippen LogP contribution in [0, 0.1) is 5.92 Å². The SMILES string of the molecule is CN=C(NCC1CCN(S(C)(=O)=O)CC1)N(C)Cc1ccccc1OC. The molecular weight excluding hydrogens is 352 g/mol. The third kappa shape index (κ3) is 5.60. The van der Waals surface area contributed by atoms with Crippen molar-refractivity contribution in [3.63, 3.8) is 0 Å². The van der Waals surface area contributed by atoms with E-state index in [1.807, 2.05) is 31.3 Å². The number of guanidine groups is 1. The largest absolute Gasteiger partial charge is 0.496 e. The molecule has 1 N–H and O–H groups in total. The molecule has 0 aromatic heterocycles. The molecule has 1 heterocycles. The summed E-state index contributed by atoms with van der Waals surface area (Å²) >= 11 is 0. The van der Waals surface area contributed by atoms with E-state index >= 15 is 0 Å². The minimum absolute atomic E-state index is 0.449. The lowest BCUT2D eigenvalue weighted by Gasteiger charge is -2.31. The van der Waals surface area contributed by atoms with Gasteiger partial charge in [-0.3, -0.25) is 4.99 Å². The molecule has 1 aliphatic heterocycles. The van der Waals surface area contributed by atoms with E-state index in [0.29, 0.717) is 25.6 Å². The number of sulfonamides is 1. The molecular formula is C18H30N4O3S. The van der Waals surface area contributed by atoms with Crippen molar-refractivity contribution in [3.05, 3.63) is 29.8 Å². The van der Waals surface area contributed by atoms with Gasteiger partial charge in [0, 0.05) is 45.8 Å². The van der Waals surface area contributed by atoms with Crippen LogP contribution in [0.3, 0.4) is 0 Å². The first kappa shape index (κ1) is 20.5. The van der Waals surface area contributed by atoms with Gasteiger partial charge in [-0.15, -0.1) is 0 Å². The lowest BCUT2D eigenvalue weighted by molar-refractivity contribution is 0.273. The number of benzene rings is 1. The first-order valence-electron chi connectivity index (χ1n) is 8.84. The van der Waals surface area contributed by atoms with Crippen LogP contribution in [-0.4, -0.2) is 70.7 Å². The highest BCUT2D eigenvalue weighted by Crippen LogP contribution is 2.20. The molecule has 0 spiro atoms. The molecule has 146 valence electrons. The average Bonchev–Trinajstić information content (AvgIpc) is 2.62. The number of nitrogens with zero attached hydrogens (tertiary/aromatic N) is 3. The van der Waals surface area contributed by atoms with E-state index in [-0.39, 0.29) is 0 Å². The summed E-state index contributed by atoms with van der Waals surface area (Å²) in [6.45, 7) is 2.68. The summed E-state index contributed by atoms with van der Waals surface area (Å²) in [6.07, 6.45) is 3.01. The monoisotopic (exact) mass is 382 g/mol. The van der Waals surface area contributed by atoms with Crippen molar-refractivity contribution < 1.29 is 13.2 Å². The molecule has 0 radical (unpaired) electrons. The maximum absolute atomic E-state index is 11.6. The average molecular weight is 383 g/mol. The smallest absolute Gasteiger partial charge is 0.211 e. The van der Waals surface area contributed by atoms with Gasteiger partial charge in [0.2, 0.25) is 10.0 Å². The molecule has 0 bridgehead atoms. The van der Waals surface area contributed by atoms with Crippen LogP contribution in [0.4, 0.5) is 0 Å². The molecule has 1 saturated heterocycles. The van der Waals surface area contributed by atoms with Crippen molar-refractivity contribution in [1.82, 2.24) is 14.5 Å². The minimum atomic E-state index is -3.07. The van der Waals surface area contributed by atoms with Crippen molar-refractivity contribution in [1.29, 1.82) is 0 Å². The van der Waals surface area contributed by atoms with Crippen LogP contribution in [0.15, 0.2) is 29.3 Å². The topological polar surface area (TPSA) is 74.2 Å². The van der Waals surface area contributed by atoms with Gasteiger partial charge in [0.25, 0.3) is 0 Å². The fourth-order valence-electron chi connectivity index (χ4n) is 3.23. The maximum atomic E-state index is 11.6. The second-order valence-electron chi connectivity index (χ2n) is 6.70. The van der Waals surface area contributed by atoms with E-state index in [1.54, 1.807) is 18.5 Å². The second-order valence-corrected chi connectivity index (χ2v) is 8.68. The number of hydrogen-bond acceptors (Lipinski definition) is 4. The zero-order valence-corrected chi connectivity index (χ0v) is 16.9. The van der Waals surface area contributed by atoms with Crippen LogP contribution in [0.2, 0.25) is 0 Å². The second kappa shape index (κ2) is 9.23. The Labute approximate surface area is 157 Å². The molecule has 26 heavy (non-hydrogen) atoms. The summed E-state index contributed by atoms with van der Waals surface area (Å²) in [5, 5.41) is 3.42. The van der Waals surface area contributed by atoms with Gasteiger partial charge in [-0.1, -0.05) is 18.2 Å². The number of aliphatic imine (C=N–C) groups is 1. The van der Waals surface area contributed by atoms with E-state index in [9.17, 15) is 8.42 Å². The standard InChI is InChI=1S/C18H30N4O3S/c1-19-18(21(2)14-16-7-5-6-8-17(16)25-3)20-13-15-9-11-22(12-10-15)26(4,23)24/h5-8,15H,9-14H2,1-4H3,(H,19,20). The Morgan fingerprint density at radius 3 is 2.58 bits per heavy atom. The summed E-state index contributed by atoms with van der Waals surface area (Å²) in [6, 6.07) is 7.95. The summed E-state index contributed by atoms with van der Waals surface area (Å²) in [7, 11) is 2.37. The fourth-order valence-corrected chi connectivity index (χ4v) is 4.10. The van der Waals surface area contributed by atoms with Gasteiger partial charge in [0.05, 0.1) is 13.4 Å². The summed E-state index contributed by atoms with van der Waals surface area (Å²) in [5.41, 5.74) is 1.10. The van der Waals surface area contributed by atoms with E-state index < -0.39 is 10.0 Å². The lowest BCUT2D eigenvalue weighted by Crippen LogP contribution is -2.44. The highest BCUT2D eigenvalue weighted by Gasteiger charge is 2.25. The predicted molar refractivity (Wildman–Crippen MR) is 105 cm³/mol. The molecule has 0 amide bonds. The van der Waals surface area contributed by atoms with Crippen molar-refractivity contribution >= 4 is 16.0 Å². The van der Waals surface area contributed by atoms with Crippen molar-refractivity contribution in [3.8, 4) is 5.75 Å².